The van der Waals surface area contributed by atoms with Gasteiger partial charge < -0.3 is 74.2 Å². The number of nitrogens with two attached hydrogens (primary N) is 2. The average molecular weight is 900 g/mol. The SMILES string of the molecule is CSCC[C@H](NC(=O)[C@@H](N)CO)C(=O)N[C@@H](CC(N)=O)C(=O)N[C@@H](CC(C)C)C(=O)N[C@@H](CC(=O)O)C(=O)N[C@@H](Cc1ccccc1)C(=O)N[C@@H](CO)C(=O)N[C@@H](CO)C(=O)O. The number of carbonyl (C=O) groups excluding carboxylic acids is 8. The summed E-state index contributed by atoms with van der Waals surface area (Å²) < 4.78 is 0. The van der Waals surface area contributed by atoms with Gasteiger partial charge in [0.15, 0.2) is 0 Å². The molecular formula is C37H57N9O15S. The Balaban J connectivity index is 3.42. The highest BCUT2D eigenvalue weighted by Gasteiger charge is 2.35. The van der Waals surface area contributed by atoms with Crippen molar-refractivity contribution >= 4 is 71.0 Å². The van der Waals surface area contributed by atoms with Crippen molar-refractivity contribution in [2.24, 2.45) is 17.4 Å². The number of benzene rings is 1. The fourth-order valence-electron chi connectivity index (χ4n) is 5.44. The molecule has 0 heterocycles. The van der Waals surface area contributed by atoms with Crippen molar-refractivity contribution in [1.29, 1.82) is 0 Å². The molecule has 0 aliphatic rings. The lowest BCUT2D eigenvalue weighted by Crippen LogP contribution is -2.61. The quantitative estimate of drug-likeness (QED) is 0.0356. The number of amides is 8. The summed E-state index contributed by atoms with van der Waals surface area (Å²) in [6, 6.07) is -5.00. The number of carboxylic acid groups (broad SMARTS) is 2. The topological polar surface area (TPSA) is 408 Å². The van der Waals surface area contributed by atoms with Gasteiger partial charge in [-0.05, 0) is 36.3 Å². The van der Waals surface area contributed by atoms with Crippen LogP contribution in [0, 0.1) is 5.92 Å². The van der Waals surface area contributed by atoms with Crippen LogP contribution in [-0.2, 0) is 54.4 Å². The number of carboxylic acids is 2. The van der Waals surface area contributed by atoms with Gasteiger partial charge in [-0.15, -0.1) is 0 Å². The van der Waals surface area contributed by atoms with Crippen LogP contribution in [0.3, 0.4) is 0 Å². The molecule has 0 radical (unpaired) electrons. The zero-order valence-corrected chi connectivity index (χ0v) is 35.1. The largest absolute Gasteiger partial charge is 0.481 e. The maximum absolute atomic E-state index is 13.8. The Morgan fingerprint density at radius 3 is 1.50 bits per heavy atom. The molecule has 0 unspecified atom stereocenters. The van der Waals surface area contributed by atoms with Crippen LogP contribution in [0.2, 0.25) is 0 Å². The van der Waals surface area contributed by atoms with E-state index in [0.717, 1.165) is 0 Å². The lowest BCUT2D eigenvalue weighted by atomic mass is 10.0. The van der Waals surface area contributed by atoms with Crippen molar-refractivity contribution in [3.05, 3.63) is 35.9 Å². The first-order valence-corrected chi connectivity index (χ1v) is 20.5. The highest BCUT2D eigenvalue weighted by atomic mass is 32.2. The summed E-state index contributed by atoms with van der Waals surface area (Å²) in [5.74, 6) is -11.8. The minimum Gasteiger partial charge on any atom is -0.481 e. The Morgan fingerprint density at radius 2 is 1.02 bits per heavy atom. The number of nitrogens with one attached hydrogen (secondary N) is 7. The molecule has 24 nitrogen and oxygen atoms in total. The first kappa shape index (κ1) is 54.1. The molecule has 1 aromatic rings. The zero-order chi connectivity index (χ0) is 47.1. The monoisotopic (exact) mass is 899 g/mol. The number of hydrogen-bond donors (Lipinski definition) is 14. The third-order valence-corrected chi connectivity index (χ3v) is 9.34. The molecule has 25 heteroatoms. The van der Waals surface area contributed by atoms with E-state index >= 15 is 0 Å². The maximum Gasteiger partial charge on any atom is 0.328 e. The smallest absolute Gasteiger partial charge is 0.328 e. The van der Waals surface area contributed by atoms with Crippen molar-refractivity contribution in [3.8, 4) is 0 Å². The number of primary amides is 1. The minimum absolute atomic E-state index is 0.0380. The third kappa shape index (κ3) is 19.7. The van der Waals surface area contributed by atoms with Crippen LogP contribution in [0.15, 0.2) is 30.3 Å². The van der Waals surface area contributed by atoms with E-state index in [4.69, 9.17) is 16.6 Å². The number of aliphatic carboxylic acids is 2. The summed E-state index contributed by atoms with van der Waals surface area (Å²) in [7, 11) is 0. The van der Waals surface area contributed by atoms with Crippen LogP contribution in [0.4, 0.5) is 0 Å². The van der Waals surface area contributed by atoms with E-state index in [1.54, 1.807) is 50.4 Å². The first-order valence-electron chi connectivity index (χ1n) is 19.1. The highest BCUT2D eigenvalue weighted by Crippen LogP contribution is 2.10. The van der Waals surface area contributed by atoms with Gasteiger partial charge in [-0.1, -0.05) is 44.2 Å². The normalized spacial score (nSPS) is 14.8. The summed E-state index contributed by atoms with van der Waals surface area (Å²) in [6.45, 7) is 0.505. The molecule has 8 atom stereocenters. The van der Waals surface area contributed by atoms with Gasteiger partial charge in [0.25, 0.3) is 0 Å². The van der Waals surface area contributed by atoms with E-state index in [1.807, 2.05) is 5.32 Å². The Labute approximate surface area is 360 Å². The average Bonchev–Trinajstić information content (AvgIpc) is 3.21. The van der Waals surface area contributed by atoms with E-state index in [1.165, 1.54) is 11.8 Å². The standard InChI is InChI=1S/C37H57N9O15S/c1-18(2)11-22(41-34(57)24(13-28(39)50)43-31(54)21(9-10-62-3)40-30(53)20(38)15-47)32(55)44-25(14-29(51)52)35(58)42-23(12-19-7-5-4-6-8-19)33(56)45-26(16-48)36(59)46-27(17-49)37(60)61/h4-8,18,20-27,47-49H,9-17,38H2,1-3H3,(H2,39,50)(H,40,53)(H,41,57)(H,42,58)(H,43,54)(H,44,55)(H,45,56)(H,46,59)(H,51,52)(H,60,61)/t20-,21-,22-,23-,24-,25-,26-,27-/m0/s1. The molecule has 0 fully saturated rings. The second kappa shape index (κ2) is 27.9. The second-order valence-electron chi connectivity index (χ2n) is 14.3. The van der Waals surface area contributed by atoms with Crippen LogP contribution in [0.25, 0.3) is 0 Å². The van der Waals surface area contributed by atoms with Gasteiger partial charge in [-0.3, -0.25) is 43.2 Å². The van der Waals surface area contributed by atoms with Gasteiger partial charge in [-0.25, -0.2) is 4.79 Å². The number of aliphatic hydroxyl groups is 3. The summed E-state index contributed by atoms with van der Waals surface area (Å²) in [5, 5.41) is 63.0. The minimum atomic E-state index is -1.91. The molecule has 0 aliphatic heterocycles. The fourth-order valence-corrected chi connectivity index (χ4v) is 5.91. The molecule has 0 spiro atoms. The number of aliphatic hydroxyl groups excluding tert-OH is 3. The Kier molecular flexibility index (Phi) is 24.3. The van der Waals surface area contributed by atoms with E-state index in [-0.39, 0.29) is 25.2 Å². The van der Waals surface area contributed by atoms with Crippen molar-refractivity contribution in [1.82, 2.24) is 37.2 Å². The van der Waals surface area contributed by atoms with Crippen molar-refractivity contribution in [3.63, 3.8) is 0 Å². The van der Waals surface area contributed by atoms with Crippen LogP contribution < -0.4 is 48.7 Å². The molecule has 0 saturated carbocycles. The van der Waals surface area contributed by atoms with Gasteiger partial charge >= 0.3 is 11.9 Å². The summed E-state index contributed by atoms with van der Waals surface area (Å²) in [6.07, 6.45) is -0.483. The molecule has 0 aliphatic carbocycles. The van der Waals surface area contributed by atoms with Gasteiger partial charge in [0.1, 0.15) is 48.3 Å². The van der Waals surface area contributed by atoms with E-state index in [9.17, 15) is 68.4 Å². The van der Waals surface area contributed by atoms with Gasteiger partial charge in [-0.2, -0.15) is 11.8 Å². The van der Waals surface area contributed by atoms with Crippen molar-refractivity contribution in [2.75, 3.05) is 31.8 Å². The molecule has 346 valence electrons. The molecular weight excluding hydrogens is 843 g/mol. The Bertz CT molecular complexity index is 1720. The zero-order valence-electron chi connectivity index (χ0n) is 34.3. The van der Waals surface area contributed by atoms with Crippen molar-refractivity contribution in [2.45, 2.75) is 94.3 Å². The summed E-state index contributed by atoms with van der Waals surface area (Å²) >= 11 is 1.32. The first-order chi connectivity index (χ1) is 29.2. The Hall–Kier alpha value is -5.89. The number of rotatable bonds is 29. The van der Waals surface area contributed by atoms with Crippen LogP contribution in [0.5, 0.6) is 0 Å². The van der Waals surface area contributed by atoms with Crippen molar-refractivity contribution < 1.29 is 73.5 Å². The van der Waals surface area contributed by atoms with E-state index < -0.39 is 140 Å². The van der Waals surface area contributed by atoms with E-state index in [2.05, 4.69) is 31.9 Å². The molecule has 1 rings (SSSR count). The summed E-state index contributed by atoms with van der Waals surface area (Å²) in [4.78, 5) is 128. The number of carbonyl (C=O) groups is 10. The Morgan fingerprint density at radius 1 is 0.581 bits per heavy atom. The van der Waals surface area contributed by atoms with Crippen LogP contribution >= 0.6 is 11.8 Å². The lowest BCUT2D eigenvalue weighted by molar-refractivity contribution is -0.143. The predicted molar refractivity (Wildman–Crippen MR) is 219 cm³/mol. The van der Waals surface area contributed by atoms with Crippen LogP contribution in [-0.4, -0.2) is 165 Å². The summed E-state index contributed by atoms with van der Waals surface area (Å²) in [5.41, 5.74) is 11.4. The second-order valence-corrected chi connectivity index (χ2v) is 15.3. The number of thioether (sulfide) groups is 1. The van der Waals surface area contributed by atoms with Crippen LogP contribution in [0.1, 0.15) is 45.1 Å². The molecule has 62 heavy (non-hydrogen) atoms. The molecule has 0 aromatic heterocycles. The number of hydrogen-bond acceptors (Lipinski definition) is 15. The molecule has 8 amide bonds. The van der Waals surface area contributed by atoms with E-state index in [0.29, 0.717) is 11.3 Å². The maximum atomic E-state index is 13.8. The van der Waals surface area contributed by atoms with Gasteiger partial charge in [0.2, 0.25) is 47.3 Å². The van der Waals surface area contributed by atoms with Gasteiger partial charge in [0, 0.05) is 6.42 Å². The molecule has 0 bridgehead atoms. The highest BCUT2D eigenvalue weighted by molar-refractivity contribution is 7.98. The molecule has 0 saturated heterocycles. The molecule has 16 N–H and O–H groups in total. The third-order valence-electron chi connectivity index (χ3n) is 8.70. The molecule has 1 aromatic carbocycles. The lowest BCUT2D eigenvalue weighted by Gasteiger charge is -2.28. The predicted octanol–water partition coefficient (Wildman–Crippen LogP) is -5.84. The fraction of sp³-hybridized carbons (Fsp3) is 0.568. The van der Waals surface area contributed by atoms with Gasteiger partial charge in [0.05, 0.1) is 32.7 Å².